The molecule has 4 nitrogen and oxygen atoms in total. The van der Waals surface area contributed by atoms with Crippen molar-refractivity contribution in [2.75, 3.05) is 0 Å². The summed E-state index contributed by atoms with van der Waals surface area (Å²) < 4.78 is 0. The number of carboxylic acids is 1. The van der Waals surface area contributed by atoms with Crippen LogP contribution in [0.4, 0.5) is 0 Å². The first kappa shape index (κ1) is 18.5. The van der Waals surface area contributed by atoms with E-state index in [1.54, 1.807) is 0 Å². The van der Waals surface area contributed by atoms with Crippen LogP contribution < -0.4 is 5.73 Å². The lowest BCUT2D eigenvalue weighted by atomic mass is 10.0. The van der Waals surface area contributed by atoms with Crippen molar-refractivity contribution in [3.8, 4) is 11.8 Å². The second-order valence-electron chi connectivity index (χ2n) is 5.52. The third-order valence-corrected chi connectivity index (χ3v) is 3.28. The Morgan fingerprint density at radius 2 is 2.13 bits per heavy atom. The number of carbonyl (C=O) groups excluding carboxylic acids is 1. The third kappa shape index (κ3) is 9.15. The monoisotopic (exact) mass is 313 g/mol. The van der Waals surface area contributed by atoms with E-state index < -0.39 is 5.97 Å². The second-order valence-corrected chi connectivity index (χ2v) is 5.52. The Bertz CT molecular complexity index is 623. The van der Waals surface area contributed by atoms with E-state index in [2.05, 4.69) is 17.9 Å². The van der Waals surface area contributed by atoms with Crippen LogP contribution in [0.25, 0.3) is 6.08 Å². The molecule has 23 heavy (non-hydrogen) atoms. The minimum atomic E-state index is -0.788. The first-order chi connectivity index (χ1) is 11.0. The summed E-state index contributed by atoms with van der Waals surface area (Å²) in [5, 5.41) is 8.56. The van der Waals surface area contributed by atoms with Gasteiger partial charge < -0.3 is 10.8 Å². The Kier molecular flexibility index (Phi) is 8.23. The molecule has 1 atom stereocenters. The lowest BCUT2D eigenvalue weighted by Crippen LogP contribution is -2.11. The highest BCUT2D eigenvalue weighted by Gasteiger charge is 2.00. The molecule has 0 aliphatic rings. The fraction of sp³-hybridized carbons (Fsp3) is 0.368. The molecule has 0 spiro atoms. The van der Waals surface area contributed by atoms with Crippen molar-refractivity contribution in [1.82, 2.24) is 0 Å². The van der Waals surface area contributed by atoms with Gasteiger partial charge in [-0.2, -0.15) is 0 Å². The van der Waals surface area contributed by atoms with Gasteiger partial charge in [0.2, 0.25) is 5.91 Å². The summed E-state index contributed by atoms with van der Waals surface area (Å²) in [6, 6.07) is 7.85. The van der Waals surface area contributed by atoms with Crippen LogP contribution in [0.3, 0.4) is 0 Å². The maximum atomic E-state index is 10.8. The number of primary amides is 1. The fourth-order valence-electron chi connectivity index (χ4n) is 1.95. The molecular formula is C19H23NO3. The Morgan fingerprint density at radius 1 is 1.35 bits per heavy atom. The van der Waals surface area contributed by atoms with E-state index in [-0.39, 0.29) is 18.2 Å². The van der Waals surface area contributed by atoms with Gasteiger partial charge in [-0.05, 0) is 36.5 Å². The van der Waals surface area contributed by atoms with E-state index in [9.17, 15) is 9.59 Å². The van der Waals surface area contributed by atoms with E-state index in [0.29, 0.717) is 19.3 Å². The minimum Gasteiger partial charge on any atom is -0.481 e. The summed E-state index contributed by atoms with van der Waals surface area (Å²) in [7, 11) is 0. The summed E-state index contributed by atoms with van der Waals surface area (Å²) >= 11 is 0. The molecule has 0 aliphatic heterocycles. The normalized spacial score (nSPS) is 11.7. The van der Waals surface area contributed by atoms with Crippen LogP contribution >= 0.6 is 0 Å². The van der Waals surface area contributed by atoms with Gasteiger partial charge >= 0.3 is 5.97 Å². The first-order valence-corrected chi connectivity index (χ1v) is 7.74. The Labute approximate surface area is 137 Å². The zero-order chi connectivity index (χ0) is 17.1. The van der Waals surface area contributed by atoms with Crippen LogP contribution in [0.15, 0.2) is 30.3 Å². The van der Waals surface area contributed by atoms with Crippen molar-refractivity contribution in [2.24, 2.45) is 11.7 Å². The molecule has 0 aliphatic carbocycles. The van der Waals surface area contributed by atoms with Gasteiger partial charge in [0.25, 0.3) is 0 Å². The molecule has 0 aromatic heterocycles. The SMILES string of the molecule is C[C@H](/C=C/c1cccc(C#CCCCC(=O)O)c1)CCC(N)=O. The van der Waals surface area contributed by atoms with Crippen molar-refractivity contribution < 1.29 is 14.7 Å². The van der Waals surface area contributed by atoms with Gasteiger partial charge in [0, 0.05) is 24.8 Å². The first-order valence-electron chi connectivity index (χ1n) is 7.74. The highest BCUT2D eigenvalue weighted by molar-refractivity contribution is 5.73. The van der Waals surface area contributed by atoms with E-state index in [4.69, 9.17) is 10.8 Å². The van der Waals surface area contributed by atoms with E-state index in [1.807, 2.05) is 37.3 Å². The number of amides is 1. The maximum Gasteiger partial charge on any atom is 0.303 e. The maximum absolute atomic E-state index is 10.8. The molecule has 1 aromatic rings. The Balaban J connectivity index is 2.54. The second kappa shape index (κ2) is 10.2. The number of aliphatic carboxylic acids is 1. The number of hydrogen-bond acceptors (Lipinski definition) is 2. The number of carbonyl (C=O) groups is 2. The van der Waals surface area contributed by atoms with E-state index in [1.165, 1.54) is 0 Å². The molecule has 4 heteroatoms. The smallest absolute Gasteiger partial charge is 0.303 e. The molecule has 0 heterocycles. The van der Waals surface area contributed by atoms with Crippen molar-refractivity contribution >= 4 is 18.0 Å². The molecule has 122 valence electrons. The van der Waals surface area contributed by atoms with Crippen LogP contribution in [0.2, 0.25) is 0 Å². The number of allylic oxidation sites excluding steroid dienone is 1. The summed E-state index contributed by atoms with van der Waals surface area (Å²) in [5.74, 6) is 5.27. The van der Waals surface area contributed by atoms with Gasteiger partial charge in [0.05, 0.1) is 0 Å². The largest absolute Gasteiger partial charge is 0.481 e. The average molecular weight is 313 g/mol. The van der Waals surface area contributed by atoms with Crippen LogP contribution in [0, 0.1) is 17.8 Å². The molecule has 1 rings (SSSR count). The van der Waals surface area contributed by atoms with Gasteiger partial charge in [0.1, 0.15) is 0 Å². The zero-order valence-corrected chi connectivity index (χ0v) is 13.4. The summed E-state index contributed by atoms with van der Waals surface area (Å²) in [6.45, 7) is 2.05. The lowest BCUT2D eigenvalue weighted by Gasteiger charge is -2.03. The molecule has 0 bridgehead atoms. The third-order valence-electron chi connectivity index (χ3n) is 3.28. The molecule has 0 saturated carbocycles. The van der Waals surface area contributed by atoms with Gasteiger partial charge in [-0.25, -0.2) is 0 Å². The van der Waals surface area contributed by atoms with Gasteiger partial charge in [-0.15, -0.1) is 0 Å². The minimum absolute atomic E-state index is 0.153. The molecule has 1 amide bonds. The highest BCUT2D eigenvalue weighted by atomic mass is 16.4. The molecule has 3 N–H and O–H groups in total. The number of nitrogens with two attached hydrogens (primary N) is 1. The van der Waals surface area contributed by atoms with Crippen LogP contribution in [-0.2, 0) is 9.59 Å². The topological polar surface area (TPSA) is 80.4 Å². The predicted octanol–water partition coefficient (Wildman–Crippen LogP) is 3.21. The Hall–Kier alpha value is -2.54. The number of benzene rings is 1. The molecule has 1 aromatic carbocycles. The number of rotatable bonds is 8. The zero-order valence-electron chi connectivity index (χ0n) is 13.4. The lowest BCUT2D eigenvalue weighted by molar-refractivity contribution is -0.137. The quantitative estimate of drug-likeness (QED) is 0.571. The molecule has 0 unspecified atom stereocenters. The van der Waals surface area contributed by atoms with Gasteiger partial charge in [-0.3, -0.25) is 9.59 Å². The number of carboxylic acid groups (broad SMARTS) is 1. The summed E-state index contributed by atoms with van der Waals surface area (Å²) in [5.41, 5.74) is 7.10. The highest BCUT2D eigenvalue weighted by Crippen LogP contribution is 2.12. The van der Waals surface area contributed by atoms with Gasteiger partial charge in [-0.1, -0.05) is 43.0 Å². The van der Waals surface area contributed by atoms with Gasteiger partial charge in [0.15, 0.2) is 0 Å². The van der Waals surface area contributed by atoms with E-state index in [0.717, 1.165) is 17.5 Å². The summed E-state index contributed by atoms with van der Waals surface area (Å²) in [4.78, 5) is 21.2. The van der Waals surface area contributed by atoms with Crippen molar-refractivity contribution in [3.63, 3.8) is 0 Å². The van der Waals surface area contributed by atoms with Crippen molar-refractivity contribution in [2.45, 2.75) is 39.0 Å². The number of hydrogen-bond donors (Lipinski definition) is 2. The molecule has 0 saturated heterocycles. The van der Waals surface area contributed by atoms with Crippen LogP contribution in [0.5, 0.6) is 0 Å². The van der Waals surface area contributed by atoms with Crippen molar-refractivity contribution in [1.29, 1.82) is 0 Å². The van der Waals surface area contributed by atoms with Crippen LogP contribution in [-0.4, -0.2) is 17.0 Å². The molecule has 0 fully saturated rings. The number of unbranched alkanes of at least 4 members (excludes halogenated alkanes) is 1. The van der Waals surface area contributed by atoms with Crippen LogP contribution in [0.1, 0.15) is 50.2 Å². The molecule has 0 radical (unpaired) electrons. The Morgan fingerprint density at radius 3 is 2.83 bits per heavy atom. The van der Waals surface area contributed by atoms with Crippen molar-refractivity contribution in [3.05, 3.63) is 41.5 Å². The molecular weight excluding hydrogens is 290 g/mol. The average Bonchev–Trinajstić information content (AvgIpc) is 2.50. The predicted molar refractivity (Wildman–Crippen MR) is 91.4 cm³/mol. The fourth-order valence-corrected chi connectivity index (χ4v) is 1.95. The summed E-state index contributed by atoms with van der Waals surface area (Å²) in [6.07, 6.45) is 6.52. The standard InChI is InChI=1S/C19H23NO3/c1-15(11-13-18(20)21)10-12-17-8-5-7-16(14-17)6-3-2-4-9-19(22)23/h5,7-8,10,12,14-15H,2,4,9,11,13H2,1H3,(H2,20,21)(H,22,23)/b12-10+/t15-/m1/s1. The van der Waals surface area contributed by atoms with E-state index >= 15 is 0 Å².